The Bertz CT molecular complexity index is 1370. The molecular formula is C27H29N3O5. The number of nitrogens with one attached hydrogen (secondary N) is 1. The maximum absolute atomic E-state index is 13.8. The predicted octanol–water partition coefficient (Wildman–Crippen LogP) is 3.83. The normalized spacial score (nSPS) is 11.2. The molecule has 8 heteroatoms. The van der Waals surface area contributed by atoms with Gasteiger partial charge in [-0.15, -0.1) is 0 Å². The van der Waals surface area contributed by atoms with Crippen molar-refractivity contribution in [3.63, 3.8) is 0 Å². The molecule has 0 bridgehead atoms. The van der Waals surface area contributed by atoms with Crippen molar-refractivity contribution in [1.82, 2.24) is 9.88 Å². The van der Waals surface area contributed by atoms with Gasteiger partial charge >= 0.3 is 0 Å². The number of fused-ring (bicyclic) bond motifs is 3. The number of amides is 2. The van der Waals surface area contributed by atoms with Crippen molar-refractivity contribution < 1.29 is 23.8 Å². The van der Waals surface area contributed by atoms with E-state index >= 15 is 0 Å². The van der Waals surface area contributed by atoms with Gasteiger partial charge in [0.05, 0.1) is 31.4 Å². The quantitative estimate of drug-likeness (QED) is 0.363. The van der Waals surface area contributed by atoms with Crippen LogP contribution in [0.1, 0.15) is 20.7 Å². The average Bonchev–Trinajstić information content (AvgIpc) is 3.25. The van der Waals surface area contributed by atoms with Gasteiger partial charge in [0.2, 0.25) is 5.91 Å². The molecule has 0 atom stereocenters. The molecule has 3 N–H and O–H groups in total. The first-order valence-corrected chi connectivity index (χ1v) is 11.3. The van der Waals surface area contributed by atoms with E-state index in [1.807, 2.05) is 42.5 Å². The summed E-state index contributed by atoms with van der Waals surface area (Å²) in [5.41, 5.74) is 9.62. The van der Waals surface area contributed by atoms with Crippen LogP contribution in [0.15, 0.2) is 54.6 Å². The Morgan fingerprint density at radius 3 is 2.29 bits per heavy atom. The molecule has 4 aromatic rings. The SMILES string of the molecule is COCCN(CCOC)C(=O)c1cc(-c2cccc(OC)c2)cc2c1[nH]c1cc(C(N)=O)ccc12. The van der Waals surface area contributed by atoms with Crippen LogP contribution < -0.4 is 10.5 Å². The summed E-state index contributed by atoms with van der Waals surface area (Å²) in [6.07, 6.45) is 0. The number of H-pyrrole nitrogens is 1. The Balaban J connectivity index is 1.94. The van der Waals surface area contributed by atoms with E-state index in [2.05, 4.69) is 4.98 Å². The zero-order valence-electron chi connectivity index (χ0n) is 20.1. The molecule has 3 aromatic carbocycles. The van der Waals surface area contributed by atoms with E-state index in [0.717, 1.165) is 33.2 Å². The van der Waals surface area contributed by atoms with Gasteiger partial charge in [0.15, 0.2) is 0 Å². The largest absolute Gasteiger partial charge is 0.497 e. The smallest absolute Gasteiger partial charge is 0.256 e. The molecule has 8 nitrogen and oxygen atoms in total. The molecule has 4 rings (SSSR count). The number of rotatable bonds is 10. The van der Waals surface area contributed by atoms with Crippen molar-refractivity contribution in [2.45, 2.75) is 0 Å². The minimum Gasteiger partial charge on any atom is -0.497 e. The number of primary amides is 1. The van der Waals surface area contributed by atoms with Crippen molar-refractivity contribution in [3.05, 3.63) is 65.7 Å². The van der Waals surface area contributed by atoms with Crippen LogP contribution >= 0.6 is 0 Å². The third-order valence-corrected chi connectivity index (χ3v) is 6.04. The fourth-order valence-corrected chi connectivity index (χ4v) is 4.19. The number of ether oxygens (including phenoxy) is 3. The van der Waals surface area contributed by atoms with Crippen molar-refractivity contribution in [2.75, 3.05) is 47.6 Å². The molecule has 35 heavy (non-hydrogen) atoms. The molecule has 0 fully saturated rings. The van der Waals surface area contributed by atoms with E-state index in [-0.39, 0.29) is 5.91 Å². The second kappa shape index (κ2) is 10.6. The number of aromatic amines is 1. The maximum Gasteiger partial charge on any atom is 0.256 e. The highest BCUT2D eigenvalue weighted by Gasteiger charge is 2.22. The first-order chi connectivity index (χ1) is 17.0. The lowest BCUT2D eigenvalue weighted by Crippen LogP contribution is -2.36. The molecule has 2 amide bonds. The van der Waals surface area contributed by atoms with Gasteiger partial charge in [-0.05, 0) is 47.5 Å². The van der Waals surface area contributed by atoms with Crippen LogP contribution in [-0.4, -0.2) is 69.3 Å². The number of nitrogens with zero attached hydrogens (tertiary/aromatic N) is 1. The van der Waals surface area contributed by atoms with E-state index in [9.17, 15) is 9.59 Å². The van der Waals surface area contributed by atoms with Crippen molar-refractivity contribution in [3.8, 4) is 16.9 Å². The van der Waals surface area contributed by atoms with Gasteiger partial charge in [0, 0.05) is 49.2 Å². The first-order valence-electron chi connectivity index (χ1n) is 11.3. The molecule has 0 radical (unpaired) electrons. The summed E-state index contributed by atoms with van der Waals surface area (Å²) in [5, 5.41) is 1.77. The molecule has 0 saturated carbocycles. The molecule has 0 saturated heterocycles. The summed E-state index contributed by atoms with van der Waals surface area (Å²) in [5.74, 6) is 0.0714. The molecule has 0 aliphatic rings. The van der Waals surface area contributed by atoms with E-state index in [1.54, 1.807) is 38.4 Å². The van der Waals surface area contributed by atoms with E-state index in [1.165, 1.54) is 0 Å². The molecule has 182 valence electrons. The lowest BCUT2D eigenvalue weighted by molar-refractivity contribution is 0.0629. The second-order valence-electron chi connectivity index (χ2n) is 8.21. The summed E-state index contributed by atoms with van der Waals surface area (Å²) in [7, 11) is 4.83. The number of aromatic nitrogens is 1. The van der Waals surface area contributed by atoms with E-state index in [0.29, 0.717) is 42.9 Å². The summed E-state index contributed by atoms with van der Waals surface area (Å²) in [6, 6.07) is 16.9. The summed E-state index contributed by atoms with van der Waals surface area (Å²) < 4.78 is 15.9. The number of carbonyl (C=O) groups is 2. The highest BCUT2D eigenvalue weighted by atomic mass is 16.5. The van der Waals surface area contributed by atoms with Crippen LogP contribution in [0.25, 0.3) is 32.9 Å². The number of carbonyl (C=O) groups excluding carboxylic acids is 2. The Hall–Kier alpha value is -3.88. The average molecular weight is 476 g/mol. The maximum atomic E-state index is 13.8. The van der Waals surface area contributed by atoms with Crippen LogP contribution in [-0.2, 0) is 9.47 Å². The van der Waals surface area contributed by atoms with Crippen LogP contribution in [0, 0.1) is 0 Å². The molecular weight excluding hydrogens is 446 g/mol. The minimum atomic E-state index is -0.510. The zero-order chi connectivity index (χ0) is 24.9. The fourth-order valence-electron chi connectivity index (χ4n) is 4.19. The molecule has 1 aromatic heterocycles. The summed E-state index contributed by atoms with van der Waals surface area (Å²) in [6.45, 7) is 1.66. The predicted molar refractivity (Wildman–Crippen MR) is 136 cm³/mol. The third-order valence-electron chi connectivity index (χ3n) is 6.04. The Morgan fingerprint density at radius 2 is 1.63 bits per heavy atom. The zero-order valence-corrected chi connectivity index (χ0v) is 20.1. The van der Waals surface area contributed by atoms with Crippen LogP contribution in [0.3, 0.4) is 0 Å². The Labute approximate surface area is 203 Å². The lowest BCUT2D eigenvalue weighted by atomic mass is 9.98. The first kappa shape index (κ1) is 24.3. The molecule has 1 heterocycles. The summed E-state index contributed by atoms with van der Waals surface area (Å²) >= 11 is 0. The van der Waals surface area contributed by atoms with Crippen molar-refractivity contribution in [2.24, 2.45) is 5.73 Å². The van der Waals surface area contributed by atoms with Gasteiger partial charge in [0.1, 0.15) is 5.75 Å². The number of nitrogens with two attached hydrogens (primary N) is 1. The van der Waals surface area contributed by atoms with Gasteiger partial charge in [-0.25, -0.2) is 0 Å². The second-order valence-corrected chi connectivity index (χ2v) is 8.21. The highest BCUT2D eigenvalue weighted by molar-refractivity contribution is 6.17. The van der Waals surface area contributed by atoms with Gasteiger partial charge < -0.3 is 29.8 Å². The van der Waals surface area contributed by atoms with Gasteiger partial charge in [-0.1, -0.05) is 18.2 Å². The molecule has 0 spiro atoms. The fraction of sp³-hybridized carbons (Fsp3) is 0.259. The third kappa shape index (κ3) is 4.99. The number of hydrogen-bond acceptors (Lipinski definition) is 5. The molecule has 0 aliphatic heterocycles. The topological polar surface area (TPSA) is 107 Å². The van der Waals surface area contributed by atoms with Gasteiger partial charge in [-0.2, -0.15) is 0 Å². The lowest BCUT2D eigenvalue weighted by Gasteiger charge is -2.23. The monoisotopic (exact) mass is 475 g/mol. The number of benzene rings is 3. The van der Waals surface area contributed by atoms with Crippen LogP contribution in [0.4, 0.5) is 0 Å². The van der Waals surface area contributed by atoms with Crippen LogP contribution in [0.5, 0.6) is 5.75 Å². The van der Waals surface area contributed by atoms with E-state index < -0.39 is 5.91 Å². The van der Waals surface area contributed by atoms with Crippen molar-refractivity contribution in [1.29, 1.82) is 0 Å². The minimum absolute atomic E-state index is 0.143. The molecule has 0 unspecified atom stereocenters. The Kier molecular flexibility index (Phi) is 7.33. The number of hydrogen-bond donors (Lipinski definition) is 2. The standard InChI is InChI=1S/C27H29N3O5/c1-33-11-9-30(10-12-34-2)27(32)23-15-19(17-5-4-6-20(13-17)35-3)14-22-21-8-7-18(26(28)31)16-24(21)29-25(22)23/h4-8,13-16,29H,9-12H2,1-3H3,(H2,28,31). The molecule has 0 aliphatic carbocycles. The van der Waals surface area contributed by atoms with Gasteiger partial charge in [0.25, 0.3) is 5.91 Å². The highest BCUT2D eigenvalue weighted by Crippen LogP contribution is 2.34. The van der Waals surface area contributed by atoms with E-state index in [4.69, 9.17) is 19.9 Å². The Morgan fingerprint density at radius 1 is 0.886 bits per heavy atom. The number of methoxy groups -OCH3 is 3. The van der Waals surface area contributed by atoms with Gasteiger partial charge in [-0.3, -0.25) is 9.59 Å². The van der Waals surface area contributed by atoms with Crippen molar-refractivity contribution >= 4 is 33.6 Å². The van der Waals surface area contributed by atoms with Crippen LogP contribution in [0.2, 0.25) is 0 Å². The summed E-state index contributed by atoms with van der Waals surface area (Å²) in [4.78, 5) is 30.6.